The average Bonchev–Trinajstić information content (AvgIpc) is 2.37. The third-order valence-electron chi connectivity index (χ3n) is 3.75. The Morgan fingerprint density at radius 1 is 1.17 bits per heavy atom. The van der Waals surface area contributed by atoms with Crippen molar-refractivity contribution in [3.63, 3.8) is 0 Å². The second-order valence-electron chi connectivity index (χ2n) is 5.12. The van der Waals surface area contributed by atoms with Crippen molar-refractivity contribution in [2.75, 3.05) is 0 Å². The fraction of sp³-hybridized carbons (Fsp3) is 0.312. The van der Waals surface area contributed by atoms with Gasteiger partial charge < -0.3 is 5.73 Å². The van der Waals surface area contributed by atoms with Crippen LogP contribution in [-0.2, 0) is 12.8 Å². The maximum atomic E-state index is 6.23. The van der Waals surface area contributed by atoms with Gasteiger partial charge in [-0.25, -0.2) is 0 Å². The summed E-state index contributed by atoms with van der Waals surface area (Å²) in [6.07, 6.45) is 4.96. The van der Waals surface area contributed by atoms with E-state index >= 15 is 0 Å². The van der Waals surface area contributed by atoms with Crippen molar-refractivity contribution in [2.24, 2.45) is 5.73 Å². The van der Waals surface area contributed by atoms with E-state index in [4.69, 9.17) is 5.73 Å². The molecule has 0 amide bonds. The second kappa shape index (κ2) is 4.91. The Morgan fingerprint density at radius 2 is 2.00 bits per heavy atom. The van der Waals surface area contributed by atoms with E-state index in [1.807, 2.05) is 18.3 Å². The first-order valence-electron chi connectivity index (χ1n) is 6.56. The molecule has 1 aliphatic rings. The Bertz CT molecular complexity index is 522. The lowest BCUT2D eigenvalue weighted by atomic mass is 9.74. The summed E-state index contributed by atoms with van der Waals surface area (Å²) < 4.78 is 0. The number of benzene rings is 1. The molecule has 2 N–H and O–H groups in total. The molecule has 0 bridgehead atoms. The van der Waals surface area contributed by atoms with Gasteiger partial charge in [0.2, 0.25) is 0 Å². The molecule has 0 saturated heterocycles. The van der Waals surface area contributed by atoms with E-state index in [1.165, 1.54) is 17.5 Å². The molecule has 0 radical (unpaired) electrons. The van der Waals surface area contributed by atoms with Gasteiger partial charge in [0.25, 0.3) is 0 Å². The van der Waals surface area contributed by atoms with Crippen LogP contribution in [0.3, 0.4) is 0 Å². The third-order valence-corrected chi connectivity index (χ3v) is 3.75. The van der Waals surface area contributed by atoms with E-state index < -0.39 is 0 Å². The predicted molar refractivity (Wildman–Crippen MR) is 73.4 cm³/mol. The van der Waals surface area contributed by atoms with Crippen LogP contribution in [0, 0.1) is 0 Å². The van der Waals surface area contributed by atoms with Gasteiger partial charge in [-0.3, -0.25) is 4.98 Å². The average molecular weight is 238 g/mol. The van der Waals surface area contributed by atoms with E-state index in [0.29, 0.717) is 5.92 Å². The van der Waals surface area contributed by atoms with Crippen molar-refractivity contribution in [3.8, 4) is 0 Å². The molecule has 2 aromatic rings. The first-order chi connectivity index (χ1) is 8.83. The van der Waals surface area contributed by atoms with Gasteiger partial charge in [-0.1, -0.05) is 30.3 Å². The number of fused-ring (bicyclic) bond motifs is 1. The highest BCUT2D eigenvalue weighted by Crippen LogP contribution is 2.37. The molecule has 0 saturated carbocycles. The van der Waals surface area contributed by atoms with Crippen molar-refractivity contribution in [1.29, 1.82) is 0 Å². The summed E-state index contributed by atoms with van der Waals surface area (Å²) in [6, 6.07) is 14.9. The molecule has 92 valence electrons. The highest BCUT2D eigenvalue weighted by molar-refractivity contribution is 5.39. The Hall–Kier alpha value is -1.67. The van der Waals surface area contributed by atoms with E-state index in [9.17, 15) is 0 Å². The lowest BCUT2D eigenvalue weighted by Crippen LogP contribution is -2.29. The predicted octanol–water partition coefficient (Wildman–Crippen LogP) is 2.68. The lowest BCUT2D eigenvalue weighted by molar-refractivity contribution is 0.482. The molecule has 0 aliphatic heterocycles. The largest absolute Gasteiger partial charge is 0.327 e. The Kier molecular flexibility index (Phi) is 3.11. The topological polar surface area (TPSA) is 38.9 Å². The van der Waals surface area contributed by atoms with E-state index in [2.05, 4.69) is 35.3 Å². The van der Waals surface area contributed by atoms with Crippen molar-refractivity contribution in [3.05, 3.63) is 65.5 Å². The Labute approximate surface area is 108 Å². The van der Waals surface area contributed by atoms with Crippen LogP contribution >= 0.6 is 0 Å². The molecule has 2 heteroatoms. The first-order valence-corrected chi connectivity index (χ1v) is 6.56. The van der Waals surface area contributed by atoms with Crippen molar-refractivity contribution in [1.82, 2.24) is 4.98 Å². The number of hydrogen-bond acceptors (Lipinski definition) is 2. The summed E-state index contributed by atoms with van der Waals surface area (Å²) in [5.41, 5.74) is 10.3. The number of rotatable bonds is 4. The third kappa shape index (κ3) is 2.29. The smallest absolute Gasteiger partial charge is 0.0419 e. The minimum Gasteiger partial charge on any atom is -0.327 e. The standard InChI is InChI=1S/C16H18N2/c17-14(11-15-6-3-4-8-18-15)10-13-9-12-5-1-2-7-16(12)13/h1-8,13-14H,9-11,17H2. The molecule has 2 unspecified atom stereocenters. The molecule has 1 aromatic heterocycles. The van der Waals surface area contributed by atoms with E-state index in [1.54, 1.807) is 0 Å². The minimum atomic E-state index is 0.207. The van der Waals surface area contributed by atoms with Crippen LogP contribution in [-0.4, -0.2) is 11.0 Å². The maximum Gasteiger partial charge on any atom is 0.0419 e. The first kappa shape index (κ1) is 11.4. The highest BCUT2D eigenvalue weighted by atomic mass is 14.7. The molecule has 1 aromatic carbocycles. The number of nitrogens with zero attached hydrogens (tertiary/aromatic N) is 1. The van der Waals surface area contributed by atoms with Crippen LogP contribution in [0.4, 0.5) is 0 Å². The quantitative estimate of drug-likeness (QED) is 0.889. The lowest BCUT2D eigenvalue weighted by Gasteiger charge is -2.32. The molecule has 1 heterocycles. The monoisotopic (exact) mass is 238 g/mol. The fourth-order valence-corrected chi connectivity index (χ4v) is 2.81. The fourth-order valence-electron chi connectivity index (χ4n) is 2.81. The van der Waals surface area contributed by atoms with E-state index in [0.717, 1.165) is 18.5 Å². The zero-order chi connectivity index (χ0) is 12.4. The molecular weight excluding hydrogens is 220 g/mol. The summed E-state index contributed by atoms with van der Waals surface area (Å²) in [5.74, 6) is 0.653. The van der Waals surface area contributed by atoms with Gasteiger partial charge in [0.15, 0.2) is 0 Å². The van der Waals surface area contributed by atoms with Gasteiger partial charge in [0, 0.05) is 24.4 Å². The van der Waals surface area contributed by atoms with Gasteiger partial charge >= 0.3 is 0 Å². The minimum absolute atomic E-state index is 0.207. The van der Waals surface area contributed by atoms with Crippen molar-refractivity contribution < 1.29 is 0 Å². The molecule has 2 nitrogen and oxygen atoms in total. The summed E-state index contributed by atoms with van der Waals surface area (Å²) in [4.78, 5) is 4.33. The SMILES string of the molecule is NC(Cc1ccccn1)CC1Cc2ccccc21. The zero-order valence-electron chi connectivity index (χ0n) is 10.4. The molecule has 18 heavy (non-hydrogen) atoms. The van der Waals surface area contributed by atoms with Crippen LogP contribution in [0.2, 0.25) is 0 Å². The molecule has 1 aliphatic carbocycles. The van der Waals surface area contributed by atoms with Crippen LogP contribution in [0.15, 0.2) is 48.7 Å². The van der Waals surface area contributed by atoms with Crippen LogP contribution in [0.1, 0.15) is 29.2 Å². The van der Waals surface area contributed by atoms with Gasteiger partial charge in [0.05, 0.1) is 0 Å². The highest BCUT2D eigenvalue weighted by Gasteiger charge is 2.26. The molecule has 0 fully saturated rings. The number of pyridine rings is 1. The number of aromatic nitrogens is 1. The van der Waals surface area contributed by atoms with Gasteiger partial charge in [-0.15, -0.1) is 0 Å². The van der Waals surface area contributed by atoms with Crippen molar-refractivity contribution >= 4 is 0 Å². The molecule has 0 spiro atoms. The summed E-state index contributed by atoms with van der Waals surface area (Å²) >= 11 is 0. The Morgan fingerprint density at radius 3 is 2.78 bits per heavy atom. The van der Waals surface area contributed by atoms with E-state index in [-0.39, 0.29) is 6.04 Å². The van der Waals surface area contributed by atoms with Crippen LogP contribution in [0.5, 0.6) is 0 Å². The molecule has 2 atom stereocenters. The van der Waals surface area contributed by atoms with Gasteiger partial charge in [-0.05, 0) is 42.0 Å². The number of hydrogen-bond donors (Lipinski definition) is 1. The van der Waals surface area contributed by atoms with Gasteiger partial charge in [-0.2, -0.15) is 0 Å². The molecular formula is C16H18N2. The van der Waals surface area contributed by atoms with Gasteiger partial charge in [0.1, 0.15) is 0 Å². The normalized spacial score (nSPS) is 18.8. The summed E-state index contributed by atoms with van der Waals surface area (Å²) in [5, 5.41) is 0. The Balaban J connectivity index is 1.59. The zero-order valence-corrected chi connectivity index (χ0v) is 10.4. The second-order valence-corrected chi connectivity index (χ2v) is 5.12. The van der Waals surface area contributed by atoms with Crippen LogP contribution in [0.25, 0.3) is 0 Å². The maximum absolute atomic E-state index is 6.23. The summed E-state index contributed by atoms with van der Waals surface area (Å²) in [7, 11) is 0. The number of nitrogens with two attached hydrogens (primary N) is 1. The summed E-state index contributed by atoms with van der Waals surface area (Å²) in [6.45, 7) is 0. The molecule has 3 rings (SSSR count). The van der Waals surface area contributed by atoms with Crippen LogP contribution < -0.4 is 5.73 Å². The van der Waals surface area contributed by atoms with Crippen molar-refractivity contribution in [2.45, 2.75) is 31.2 Å².